The fourth-order valence-electron chi connectivity index (χ4n) is 7.97. The third-order valence-corrected chi connectivity index (χ3v) is 10.5. The fraction of sp³-hybridized carbons (Fsp3) is 0. The van der Waals surface area contributed by atoms with E-state index in [4.69, 9.17) is 19.4 Å². The van der Waals surface area contributed by atoms with Crippen LogP contribution in [0.3, 0.4) is 0 Å². The summed E-state index contributed by atoms with van der Waals surface area (Å²) in [6, 6.07) is 61.7. The first kappa shape index (κ1) is 29.5. The minimum absolute atomic E-state index is 0.601. The fourth-order valence-corrected chi connectivity index (χ4v) is 7.97. The van der Waals surface area contributed by atoms with E-state index in [1.54, 1.807) is 0 Å². The van der Waals surface area contributed by atoms with Gasteiger partial charge in [-0.25, -0.2) is 15.0 Å². The van der Waals surface area contributed by atoms with Crippen LogP contribution in [0.1, 0.15) is 0 Å². The Morgan fingerprint density at radius 3 is 1.83 bits per heavy atom. The van der Waals surface area contributed by atoms with E-state index in [9.17, 15) is 0 Å². The lowest BCUT2D eigenvalue weighted by atomic mass is 9.90. The first-order valence-electron chi connectivity index (χ1n) is 17.9. The van der Waals surface area contributed by atoms with Crippen LogP contribution in [0.15, 0.2) is 180 Å². The highest BCUT2D eigenvalue weighted by Crippen LogP contribution is 2.42. The molecule has 11 aromatic rings. The molecule has 0 amide bonds. The Labute approximate surface area is 304 Å². The minimum Gasteiger partial charge on any atom is -0.456 e. The van der Waals surface area contributed by atoms with Gasteiger partial charge < -0.3 is 4.42 Å². The van der Waals surface area contributed by atoms with E-state index < -0.39 is 0 Å². The molecule has 9 aromatic carbocycles. The average molecular weight is 676 g/mol. The molecule has 0 atom stereocenters. The van der Waals surface area contributed by atoms with Crippen molar-refractivity contribution in [2.45, 2.75) is 0 Å². The van der Waals surface area contributed by atoms with E-state index >= 15 is 0 Å². The number of rotatable bonds is 4. The number of hydrogen-bond donors (Lipinski definition) is 0. The molecule has 2 heterocycles. The first-order chi connectivity index (χ1) is 26.2. The van der Waals surface area contributed by atoms with Crippen LogP contribution in [0.4, 0.5) is 0 Å². The Morgan fingerprint density at radius 2 is 0.962 bits per heavy atom. The van der Waals surface area contributed by atoms with Crippen LogP contribution in [-0.4, -0.2) is 15.0 Å². The van der Waals surface area contributed by atoms with Gasteiger partial charge in [-0.15, -0.1) is 0 Å². The van der Waals surface area contributed by atoms with Gasteiger partial charge in [-0.3, -0.25) is 0 Å². The average Bonchev–Trinajstić information content (AvgIpc) is 3.61. The van der Waals surface area contributed by atoms with Gasteiger partial charge in [-0.2, -0.15) is 0 Å². The highest BCUT2D eigenvalue weighted by atomic mass is 16.3. The second kappa shape index (κ2) is 11.7. The molecule has 0 saturated carbocycles. The van der Waals surface area contributed by atoms with Crippen molar-refractivity contribution in [1.82, 2.24) is 15.0 Å². The van der Waals surface area contributed by atoms with Crippen molar-refractivity contribution in [3.63, 3.8) is 0 Å². The van der Waals surface area contributed by atoms with Gasteiger partial charge >= 0.3 is 0 Å². The lowest BCUT2D eigenvalue weighted by Gasteiger charge is -2.13. The van der Waals surface area contributed by atoms with Gasteiger partial charge in [0.2, 0.25) is 0 Å². The smallest absolute Gasteiger partial charge is 0.164 e. The van der Waals surface area contributed by atoms with Gasteiger partial charge in [0.25, 0.3) is 0 Å². The maximum atomic E-state index is 6.52. The molecule has 11 rings (SSSR count). The summed E-state index contributed by atoms with van der Waals surface area (Å²) in [5.74, 6) is 1.85. The summed E-state index contributed by atoms with van der Waals surface area (Å²) >= 11 is 0. The number of fused-ring (bicyclic) bond motifs is 9. The van der Waals surface area contributed by atoms with Crippen molar-refractivity contribution in [3.8, 4) is 45.3 Å². The summed E-state index contributed by atoms with van der Waals surface area (Å²) in [6.07, 6.45) is 0. The second-order valence-corrected chi connectivity index (χ2v) is 13.6. The van der Waals surface area contributed by atoms with Crippen LogP contribution in [0.5, 0.6) is 0 Å². The molecular weight excluding hydrogens is 647 g/mol. The summed E-state index contributed by atoms with van der Waals surface area (Å²) in [7, 11) is 0. The van der Waals surface area contributed by atoms with Crippen LogP contribution in [0, 0.1) is 0 Å². The maximum Gasteiger partial charge on any atom is 0.164 e. The van der Waals surface area contributed by atoms with Crippen molar-refractivity contribution in [3.05, 3.63) is 176 Å². The minimum atomic E-state index is 0.601. The van der Waals surface area contributed by atoms with Gasteiger partial charge in [0, 0.05) is 27.5 Å². The number of nitrogens with zero attached hydrogens (tertiary/aromatic N) is 3. The predicted molar refractivity (Wildman–Crippen MR) is 219 cm³/mol. The summed E-state index contributed by atoms with van der Waals surface area (Å²) in [5.41, 5.74) is 6.68. The molecule has 0 bridgehead atoms. The largest absolute Gasteiger partial charge is 0.456 e. The molecule has 0 aliphatic heterocycles. The number of hydrogen-bond acceptors (Lipinski definition) is 4. The van der Waals surface area contributed by atoms with Gasteiger partial charge in [-0.1, -0.05) is 146 Å². The molecule has 4 heteroatoms. The van der Waals surface area contributed by atoms with Crippen LogP contribution >= 0.6 is 0 Å². The van der Waals surface area contributed by atoms with Crippen molar-refractivity contribution >= 4 is 65.0 Å². The van der Waals surface area contributed by atoms with E-state index in [2.05, 4.69) is 133 Å². The van der Waals surface area contributed by atoms with E-state index in [1.165, 1.54) is 43.3 Å². The third kappa shape index (κ3) is 4.80. The molecule has 0 N–H and O–H groups in total. The van der Waals surface area contributed by atoms with Gasteiger partial charge in [0.15, 0.2) is 17.5 Å². The molecule has 4 nitrogen and oxygen atoms in total. The van der Waals surface area contributed by atoms with Gasteiger partial charge in [-0.05, 0) is 84.5 Å². The number of furan rings is 1. The highest BCUT2D eigenvalue weighted by molar-refractivity contribution is 6.23. The maximum absolute atomic E-state index is 6.52. The van der Waals surface area contributed by atoms with E-state index in [0.29, 0.717) is 17.5 Å². The van der Waals surface area contributed by atoms with Gasteiger partial charge in [0.1, 0.15) is 11.2 Å². The molecule has 0 unspecified atom stereocenters. The summed E-state index contributed by atoms with van der Waals surface area (Å²) in [4.78, 5) is 15.3. The zero-order valence-corrected chi connectivity index (χ0v) is 28.5. The topological polar surface area (TPSA) is 51.8 Å². The lowest BCUT2D eigenvalue weighted by molar-refractivity contribution is 0.669. The Kier molecular flexibility index (Phi) is 6.52. The molecule has 0 radical (unpaired) electrons. The van der Waals surface area contributed by atoms with Crippen molar-refractivity contribution in [2.24, 2.45) is 0 Å². The molecule has 2 aromatic heterocycles. The Balaban J connectivity index is 1.14. The Hall–Kier alpha value is -7.17. The quantitative estimate of drug-likeness (QED) is 0.174. The Morgan fingerprint density at radius 1 is 0.302 bits per heavy atom. The molecule has 0 spiro atoms. The molecule has 0 saturated heterocycles. The monoisotopic (exact) mass is 675 g/mol. The van der Waals surface area contributed by atoms with E-state index in [-0.39, 0.29) is 0 Å². The van der Waals surface area contributed by atoms with Crippen LogP contribution in [-0.2, 0) is 0 Å². The normalized spacial score (nSPS) is 11.8. The number of aromatic nitrogens is 3. The molecule has 0 aliphatic carbocycles. The Bertz CT molecular complexity index is 3240. The van der Waals surface area contributed by atoms with E-state index in [0.717, 1.165) is 49.6 Å². The van der Waals surface area contributed by atoms with Gasteiger partial charge in [0.05, 0.1) is 0 Å². The molecule has 246 valence electrons. The molecule has 0 fully saturated rings. The summed E-state index contributed by atoms with van der Waals surface area (Å²) in [6.45, 7) is 0. The number of benzene rings is 9. The summed E-state index contributed by atoms with van der Waals surface area (Å²) < 4.78 is 6.52. The van der Waals surface area contributed by atoms with Crippen LogP contribution in [0.2, 0.25) is 0 Å². The van der Waals surface area contributed by atoms with E-state index in [1.807, 2.05) is 42.5 Å². The molecule has 53 heavy (non-hydrogen) atoms. The second-order valence-electron chi connectivity index (χ2n) is 13.6. The van der Waals surface area contributed by atoms with Crippen LogP contribution in [0.25, 0.3) is 110 Å². The van der Waals surface area contributed by atoms with Crippen molar-refractivity contribution in [2.75, 3.05) is 0 Å². The summed E-state index contributed by atoms with van der Waals surface area (Å²) in [5, 5.41) is 11.8. The first-order valence-corrected chi connectivity index (χ1v) is 17.9. The zero-order chi connectivity index (χ0) is 34.9. The third-order valence-electron chi connectivity index (χ3n) is 10.5. The molecular formula is C49H29N3O. The lowest BCUT2D eigenvalue weighted by Crippen LogP contribution is -2.00. The zero-order valence-electron chi connectivity index (χ0n) is 28.5. The van der Waals surface area contributed by atoms with Crippen molar-refractivity contribution in [1.29, 1.82) is 0 Å². The SMILES string of the molecule is c1ccc(-c2nc(-c3ccc4ccccc4c3)nc(-c3cccc4oc5ccc(-c6cc7ccc8ccccc8c7c7ccccc67)cc5c34)n2)cc1. The molecule has 0 aliphatic rings. The highest BCUT2D eigenvalue weighted by Gasteiger charge is 2.19. The van der Waals surface area contributed by atoms with Crippen molar-refractivity contribution < 1.29 is 4.42 Å². The standard InChI is InChI=1S/C49H29N3O/c1-2-13-32(14-3-1)47-50-48(36-24-21-30-11-4-5-15-33(30)27-36)52-49(51-47)40-19-10-20-44-46(40)42-28-34(25-26-43(42)53-44)41-29-35-23-22-31-12-6-7-16-37(31)45(35)39-18-9-8-17-38(39)41/h1-29H. The van der Waals surface area contributed by atoms with Crippen LogP contribution < -0.4 is 0 Å². The predicted octanol–water partition coefficient (Wildman–Crippen LogP) is 13.1.